The van der Waals surface area contributed by atoms with Gasteiger partial charge in [-0.15, -0.1) is 0 Å². The van der Waals surface area contributed by atoms with E-state index in [1.54, 1.807) is 37.3 Å². The molecule has 28 heavy (non-hydrogen) atoms. The maximum atomic E-state index is 12.5. The second-order valence-corrected chi connectivity index (χ2v) is 10.7. The van der Waals surface area contributed by atoms with Crippen molar-refractivity contribution in [3.63, 3.8) is 0 Å². The van der Waals surface area contributed by atoms with Crippen molar-refractivity contribution in [1.82, 2.24) is 9.71 Å². The molecule has 6 nitrogen and oxygen atoms in total. The molecule has 3 N–H and O–H groups in total. The van der Waals surface area contributed by atoms with Crippen LogP contribution in [0.5, 0.6) is 0 Å². The summed E-state index contributed by atoms with van der Waals surface area (Å²) < 4.78 is 30.3. The van der Waals surface area contributed by atoms with E-state index in [1.165, 1.54) is 12.3 Å². The Bertz CT molecular complexity index is 905. The number of halogens is 5. The Morgan fingerprint density at radius 2 is 1.75 bits per heavy atom. The quantitative estimate of drug-likeness (QED) is 0.424. The highest BCUT2D eigenvalue weighted by Gasteiger charge is 2.40. The maximum absolute atomic E-state index is 12.5. The molecule has 1 heterocycles. The summed E-state index contributed by atoms with van der Waals surface area (Å²) in [5, 5.41) is 0.749. The molecule has 0 saturated carbocycles. The molecule has 0 bridgehead atoms. The van der Waals surface area contributed by atoms with Gasteiger partial charge in [0.2, 0.25) is 3.79 Å². The summed E-state index contributed by atoms with van der Waals surface area (Å²) in [4.78, 5) is 4.00. The van der Waals surface area contributed by atoms with Crippen LogP contribution in [0.2, 0.25) is 10.2 Å². The van der Waals surface area contributed by atoms with Gasteiger partial charge in [-0.05, 0) is 36.2 Å². The maximum Gasteiger partial charge on any atom is 0.336 e. The van der Waals surface area contributed by atoms with Crippen molar-refractivity contribution in [3.8, 4) is 0 Å². The highest BCUT2D eigenvalue weighted by molar-refractivity contribution is 7.84. The smallest absolute Gasteiger partial charge is 0.322 e. The average Bonchev–Trinajstić information content (AvgIpc) is 2.60. The van der Waals surface area contributed by atoms with E-state index in [0.29, 0.717) is 16.1 Å². The number of pyridine rings is 1. The molecule has 0 unspecified atom stereocenters. The minimum Gasteiger partial charge on any atom is -0.322 e. The third-order valence-electron chi connectivity index (χ3n) is 3.89. The van der Waals surface area contributed by atoms with Crippen molar-refractivity contribution in [3.05, 3.63) is 63.9 Å². The molecular weight excluding hydrogens is 492 g/mol. The summed E-state index contributed by atoms with van der Waals surface area (Å²) in [5.74, 6) is 0. The molecule has 0 aliphatic carbocycles. The number of nitrogens with one attached hydrogen (secondary N) is 1. The van der Waals surface area contributed by atoms with Crippen molar-refractivity contribution in [2.75, 3.05) is 6.61 Å². The Morgan fingerprint density at radius 1 is 1.14 bits per heavy atom. The minimum atomic E-state index is -4.36. The van der Waals surface area contributed by atoms with Crippen LogP contribution in [0.25, 0.3) is 0 Å². The Hall–Kier alpha value is -0.350. The van der Waals surface area contributed by atoms with Crippen LogP contribution in [-0.4, -0.2) is 23.8 Å². The first kappa shape index (κ1) is 23.9. The second kappa shape index (κ2) is 9.20. The summed E-state index contributed by atoms with van der Waals surface area (Å²) in [6, 6.07) is 8.92. The molecule has 0 fully saturated rings. The van der Waals surface area contributed by atoms with Crippen molar-refractivity contribution in [2.45, 2.75) is 22.3 Å². The molecule has 154 valence electrons. The molecule has 0 saturated heterocycles. The fourth-order valence-corrected chi connectivity index (χ4v) is 4.17. The van der Waals surface area contributed by atoms with Crippen molar-refractivity contribution >= 4 is 68.3 Å². The average molecular weight is 508 g/mol. The standard InChI is InChI=1S/C16H16Cl5N3O3S/c1-15(11-4-7-13(18)23-8-11,14(22)10-2-5-12(17)6-3-10)24-28(25,26)27-9-16(19,20)21/h2-8,14,24H,9,22H2,1H3/t14-,15-/m0/s1. The zero-order chi connectivity index (χ0) is 21.2. The van der Waals surface area contributed by atoms with Crippen molar-refractivity contribution in [2.24, 2.45) is 5.73 Å². The number of nitrogens with zero attached hydrogens (tertiary/aromatic N) is 1. The molecule has 1 aromatic carbocycles. The Balaban J connectivity index is 2.44. The molecule has 0 aliphatic rings. The number of hydrogen-bond acceptors (Lipinski definition) is 5. The van der Waals surface area contributed by atoms with E-state index < -0.39 is 32.3 Å². The van der Waals surface area contributed by atoms with Gasteiger partial charge in [-0.1, -0.05) is 76.2 Å². The monoisotopic (exact) mass is 505 g/mol. The number of benzene rings is 1. The van der Waals surface area contributed by atoms with Gasteiger partial charge in [-0.25, -0.2) is 4.98 Å². The van der Waals surface area contributed by atoms with Crippen molar-refractivity contribution < 1.29 is 12.6 Å². The first-order valence-corrected chi connectivity index (χ1v) is 11.0. The molecule has 12 heteroatoms. The molecule has 2 atom stereocenters. The van der Waals surface area contributed by atoms with Gasteiger partial charge in [-0.3, -0.25) is 4.18 Å². The predicted molar refractivity (Wildman–Crippen MR) is 113 cm³/mol. The van der Waals surface area contributed by atoms with E-state index in [2.05, 4.69) is 9.71 Å². The van der Waals surface area contributed by atoms with E-state index in [4.69, 9.17) is 67.9 Å². The lowest BCUT2D eigenvalue weighted by atomic mass is 9.83. The zero-order valence-corrected chi connectivity index (χ0v) is 19.0. The van der Waals surface area contributed by atoms with E-state index in [9.17, 15) is 8.42 Å². The van der Waals surface area contributed by atoms with Crippen LogP contribution in [0, 0.1) is 0 Å². The summed E-state index contributed by atoms with van der Waals surface area (Å²) in [7, 11) is -4.36. The first-order valence-electron chi connectivity index (χ1n) is 7.70. The van der Waals surface area contributed by atoms with Crippen molar-refractivity contribution in [1.29, 1.82) is 0 Å². The van der Waals surface area contributed by atoms with E-state index in [1.807, 2.05) is 0 Å². The summed E-state index contributed by atoms with van der Waals surface area (Å²) in [6.45, 7) is 0.894. The Morgan fingerprint density at radius 3 is 2.25 bits per heavy atom. The van der Waals surface area contributed by atoms with Gasteiger partial charge in [0.05, 0.1) is 11.6 Å². The van der Waals surface area contributed by atoms with Gasteiger partial charge in [0.25, 0.3) is 0 Å². The van der Waals surface area contributed by atoms with Crippen LogP contribution >= 0.6 is 58.0 Å². The van der Waals surface area contributed by atoms with Crippen LogP contribution in [0.4, 0.5) is 0 Å². The number of rotatable bonds is 7. The highest BCUT2D eigenvalue weighted by atomic mass is 35.6. The van der Waals surface area contributed by atoms with Gasteiger partial charge in [0.15, 0.2) is 0 Å². The molecule has 2 rings (SSSR count). The molecule has 0 spiro atoms. The fourth-order valence-electron chi connectivity index (χ4n) is 2.42. The van der Waals surface area contributed by atoms with Crippen LogP contribution in [0.3, 0.4) is 0 Å². The lowest BCUT2D eigenvalue weighted by molar-refractivity contribution is 0.283. The zero-order valence-electron chi connectivity index (χ0n) is 14.4. The topological polar surface area (TPSA) is 94.3 Å². The molecular formula is C16H16Cl5N3O3S. The molecule has 0 aliphatic heterocycles. The van der Waals surface area contributed by atoms with Crippen LogP contribution in [-0.2, 0) is 20.0 Å². The van der Waals surface area contributed by atoms with E-state index in [-0.39, 0.29) is 5.15 Å². The molecule has 0 amide bonds. The van der Waals surface area contributed by atoms with Gasteiger partial charge < -0.3 is 5.73 Å². The summed E-state index contributed by atoms with van der Waals surface area (Å²) >= 11 is 28.5. The Labute approximate surface area is 188 Å². The SMILES string of the molecule is C[C@](NS(=O)(=O)OCC(Cl)(Cl)Cl)(c1ccc(Cl)nc1)[C@@H](N)c1ccc(Cl)cc1. The van der Waals surface area contributed by atoms with Gasteiger partial charge in [0.1, 0.15) is 11.8 Å². The fraction of sp³-hybridized carbons (Fsp3) is 0.312. The third-order valence-corrected chi connectivity index (χ3v) is 5.80. The number of alkyl halides is 3. The normalized spacial score (nSPS) is 15.8. The summed E-state index contributed by atoms with van der Waals surface area (Å²) in [6.07, 6.45) is 1.41. The number of aromatic nitrogens is 1. The molecule has 1 aromatic heterocycles. The second-order valence-electron chi connectivity index (χ2n) is 6.03. The van der Waals surface area contributed by atoms with Gasteiger partial charge in [0, 0.05) is 11.2 Å². The lowest BCUT2D eigenvalue weighted by Crippen LogP contribution is -2.51. The molecule has 2 aromatic rings. The van der Waals surface area contributed by atoms with Crippen LogP contribution in [0.15, 0.2) is 42.6 Å². The highest BCUT2D eigenvalue weighted by Crippen LogP contribution is 2.35. The number of hydrogen-bond donors (Lipinski definition) is 2. The minimum absolute atomic E-state index is 0.237. The lowest BCUT2D eigenvalue weighted by Gasteiger charge is -2.36. The van der Waals surface area contributed by atoms with E-state index >= 15 is 0 Å². The van der Waals surface area contributed by atoms with Gasteiger partial charge in [-0.2, -0.15) is 13.1 Å². The largest absolute Gasteiger partial charge is 0.336 e. The summed E-state index contributed by atoms with van der Waals surface area (Å²) in [5.41, 5.74) is 6.10. The van der Waals surface area contributed by atoms with Gasteiger partial charge >= 0.3 is 10.3 Å². The Kier molecular flexibility index (Phi) is 7.86. The molecule has 0 radical (unpaired) electrons. The van der Waals surface area contributed by atoms with Crippen LogP contribution in [0.1, 0.15) is 24.1 Å². The van der Waals surface area contributed by atoms with E-state index in [0.717, 1.165) is 0 Å². The van der Waals surface area contributed by atoms with Crippen LogP contribution < -0.4 is 10.5 Å². The first-order chi connectivity index (χ1) is 12.8. The predicted octanol–water partition coefficient (Wildman–Crippen LogP) is 4.52. The number of nitrogens with two attached hydrogens (primary N) is 1. The third kappa shape index (κ3) is 6.58.